The van der Waals surface area contributed by atoms with E-state index in [0.717, 1.165) is 12.0 Å². The normalized spacial score (nSPS) is 15.9. The number of ether oxygens (including phenoxy) is 3. The molecule has 150 valence electrons. The zero-order chi connectivity index (χ0) is 20.3. The standard InChI is InChI=1S/C20H26N4O4/c1-12(2)8-9-28-15-7-6-14(10-16(15)26-4)18-17(19(25)27-5)13(3)23-20-21-11-22-24(18)20/h6-7,10-12,18H,8-9H2,1-5H3,(H,21,22,23). The van der Waals surface area contributed by atoms with Gasteiger partial charge in [-0.2, -0.15) is 10.1 Å². The van der Waals surface area contributed by atoms with Crippen molar-refractivity contribution in [3.05, 3.63) is 41.4 Å². The molecule has 1 aliphatic rings. The van der Waals surface area contributed by atoms with Gasteiger partial charge in [0.2, 0.25) is 5.95 Å². The summed E-state index contributed by atoms with van der Waals surface area (Å²) in [5, 5.41) is 7.39. The molecule has 2 heterocycles. The Morgan fingerprint density at radius 2 is 2.07 bits per heavy atom. The third-order valence-corrected chi connectivity index (χ3v) is 4.66. The van der Waals surface area contributed by atoms with Gasteiger partial charge >= 0.3 is 5.97 Å². The van der Waals surface area contributed by atoms with Crippen LogP contribution in [0, 0.1) is 5.92 Å². The van der Waals surface area contributed by atoms with E-state index in [2.05, 4.69) is 29.2 Å². The van der Waals surface area contributed by atoms with E-state index in [0.29, 0.717) is 41.2 Å². The van der Waals surface area contributed by atoms with Gasteiger partial charge in [0, 0.05) is 5.70 Å². The first kappa shape index (κ1) is 19.7. The average Bonchev–Trinajstić information content (AvgIpc) is 3.14. The number of nitrogens with zero attached hydrogens (tertiary/aromatic N) is 3. The first-order chi connectivity index (χ1) is 13.5. The van der Waals surface area contributed by atoms with Crippen LogP contribution in [-0.2, 0) is 9.53 Å². The van der Waals surface area contributed by atoms with Crippen molar-refractivity contribution >= 4 is 11.9 Å². The van der Waals surface area contributed by atoms with E-state index in [4.69, 9.17) is 14.2 Å². The van der Waals surface area contributed by atoms with Crippen molar-refractivity contribution in [2.75, 3.05) is 26.1 Å². The molecule has 28 heavy (non-hydrogen) atoms. The summed E-state index contributed by atoms with van der Waals surface area (Å²) < 4.78 is 18.1. The molecule has 0 fully saturated rings. The fraction of sp³-hybridized carbons (Fsp3) is 0.450. The van der Waals surface area contributed by atoms with Gasteiger partial charge in [0.15, 0.2) is 11.5 Å². The maximum absolute atomic E-state index is 12.5. The fourth-order valence-electron chi connectivity index (χ4n) is 3.15. The molecule has 8 nitrogen and oxygen atoms in total. The predicted molar refractivity (Wildman–Crippen MR) is 104 cm³/mol. The van der Waals surface area contributed by atoms with Crippen molar-refractivity contribution in [2.24, 2.45) is 5.92 Å². The zero-order valence-corrected chi connectivity index (χ0v) is 16.9. The van der Waals surface area contributed by atoms with E-state index in [1.54, 1.807) is 11.8 Å². The molecule has 0 saturated carbocycles. The summed E-state index contributed by atoms with van der Waals surface area (Å²) in [5.41, 5.74) is 1.96. The van der Waals surface area contributed by atoms with Gasteiger partial charge in [-0.15, -0.1) is 0 Å². The Labute approximate surface area is 164 Å². The SMILES string of the molecule is COC(=O)C1=C(C)Nc2ncnn2C1c1ccc(OCCC(C)C)c(OC)c1. The minimum Gasteiger partial charge on any atom is -0.493 e. The highest BCUT2D eigenvalue weighted by molar-refractivity contribution is 5.92. The molecule has 1 aromatic heterocycles. The van der Waals surface area contributed by atoms with Crippen LogP contribution in [0.5, 0.6) is 11.5 Å². The van der Waals surface area contributed by atoms with E-state index < -0.39 is 12.0 Å². The molecule has 1 aliphatic heterocycles. The molecule has 0 radical (unpaired) electrons. The number of aromatic nitrogens is 3. The lowest BCUT2D eigenvalue weighted by atomic mass is 9.95. The maximum Gasteiger partial charge on any atom is 0.338 e. The number of esters is 1. The molecule has 1 unspecified atom stereocenters. The van der Waals surface area contributed by atoms with Gasteiger partial charge in [-0.05, 0) is 37.0 Å². The number of hydrogen-bond donors (Lipinski definition) is 1. The second-order valence-corrected chi connectivity index (χ2v) is 7.03. The summed E-state index contributed by atoms with van der Waals surface area (Å²) in [6.45, 7) is 6.73. The Bertz CT molecular complexity index is 888. The maximum atomic E-state index is 12.5. The zero-order valence-electron chi connectivity index (χ0n) is 16.9. The van der Waals surface area contributed by atoms with Crippen LogP contribution in [0.15, 0.2) is 35.8 Å². The first-order valence-corrected chi connectivity index (χ1v) is 9.22. The van der Waals surface area contributed by atoms with Crippen LogP contribution in [-0.4, -0.2) is 41.6 Å². The third-order valence-electron chi connectivity index (χ3n) is 4.66. The van der Waals surface area contributed by atoms with Gasteiger partial charge in [-0.25, -0.2) is 9.48 Å². The molecule has 1 N–H and O–H groups in total. The lowest BCUT2D eigenvalue weighted by molar-refractivity contribution is -0.136. The van der Waals surface area contributed by atoms with Crippen LogP contribution in [0.25, 0.3) is 0 Å². The summed E-state index contributed by atoms with van der Waals surface area (Å²) in [6.07, 6.45) is 2.40. The Morgan fingerprint density at radius 3 is 2.75 bits per heavy atom. The number of nitrogens with one attached hydrogen (secondary N) is 1. The number of fused-ring (bicyclic) bond motifs is 1. The van der Waals surface area contributed by atoms with Crippen molar-refractivity contribution in [2.45, 2.75) is 33.2 Å². The number of anilines is 1. The van der Waals surface area contributed by atoms with E-state index in [1.165, 1.54) is 13.4 Å². The average molecular weight is 386 g/mol. The molecule has 2 aromatic rings. The molecule has 0 aliphatic carbocycles. The van der Waals surface area contributed by atoms with E-state index in [1.807, 2.05) is 25.1 Å². The number of benzene rings is 1. The van der Waals surface area contributed by atoms with Crippen LogP contribution in [0.2, 0.25) is 0 Å². The topological polar surface area (TPSA) is 87.5 Å². The summed E-state index contributed by atoms with van der Waals surface area (Å²) in [6, 6.07) is 5.15. The molecular formula is C20H26N4O4. The summed E-state index contributed by atoms with van der Waals surface area (Å²) in [7, 11) is 2.96. The molecule has 0 bridgehead atoms. The highest BCUT2D eigenvalue weighted by Gasteiger charge is 2.34. The van der Waals surface area contributed by atoms with Crippen LogP contribution < -0.4 is 14.8 Å². The molecule has 0 amide bonds. The lowest BCUT2D eigenvalue weighted by Gasteiger charge is -2.28. The van der Waals surface area contributed by atoms with Gasteiger partial charge in [0.25, 0.3) is 0 Å². The molecular weight excluding hydrogens is 360 g/mol. The molecule has 0 spiro atoms. The van der Waals surface area contributed by atoms with E-state index >= 15 is 0 Å². The highest BCUT2D eigenvalue weighted by atomic mass is 16.5. The number of allylic oxidation sites excluding steroid dienone is 1. The molecule has 0 saturated heterocycles. The number of rotatable bonds is 7. The van der Waals surface area contributed by atoms with Gasteiger partial charge in [-0.1, -0.05) is 19.9 Å². The van der Waals surface area contributed by atoms with Crippen molar-refractivity contribution < 1.29 is 19.0 Å². The predicted octanol–water partition coefficient (Wildman–Crippen LogP) is 3.17. The van der Waals surface area contributed by atoms with Crippen LogP contribution in [0.4, 0.5) is 5.95 Å². The molecule has 3 rings (SSSR count). The van der Waals surface area contributed by atoms with Crippen molar-refractivity contribution in [3.8, 4) is 11.5 Å². The largest absolute Gasteiger partial charge is 0.493 e. The van der Waals surface area contributed by atoms with Gasteiger partial charge in [-0.3, -0.25) is 0 Å². The minimum atomic E-state index is -0.482. The summed E-state index contributed by atoms with van der Waals surface area (Å²) in [4.78, 5) is 16.7. The van der Waals surface area contributed by atoms with Crippen LogP contribution in [0.1, 0.15) is 38.8 Å². The Hall–Kier alpha value is -3.03. The van der Waals surface area contributed by atoms with Crippen LogP contribution >= 0.6 is 0 Å². The first-order valence-electron chi connectivity index (χ1n) is 9.22. The van der Waals surface area contributed by atoms with E-state index in [9.17, 15) is 4.79 Å². The van der Waals surface area contributed by atoms with Gasteiger partial charge < -0.3 is 19.5 Å². The van der Waals surface area contributed by atoms with Crippen molar-refractivity contribution in [1.29, 1.82) is 0 Å². The molecule has 1 aromatic carbocycles. The highest BCUT2D eigenvalue weighted by Crippen LogP contribution is 2.38. The number of carbonyl (C=O) groups is 1. The monoisotopic (exact) mass is 386 g/mol. The second kappa shape index (κ2) is 8.33. The quantitative estimate of drug-likeness (QED) is 0.731. The van der Waals surface area contributed by atoms with Crippen molar-refractivity contribution in [3.63, 3.8) is 0 Å². The number of methoxy groups -OCH3 is 2. The molecule has 1 atom stereocenters. The van der Waals surface area contributed by atoms with Gasteiger partial charge in [0.05, 0.1) is 26.4 Å². The Kier molecular flexibility index (Phi) is 5.87. The third kappa shape index (κ3) is 3.81. The van der Waals surface area contributed by atoms with E-state index in [-0.39, 0.29) is 0 Å². The smallest absolute Gasteiger partial charge is 0.338 e. The fourth-order valence-corrected chi connectivity index (χ4v) is 3.15. The number of carbonyl (C=O) groups excluding carboxylic acids is 1. The van der Waals surface area contributed by atoms with Gasteiger partial charge in [0.1, 0.15) is 12.4 Å². The Morgan fingerprint density at radius 1 is 1.29 bits per heavy atom. The molecule has 8 heteroatoms. The summed E-state index contributed by atoms with van der Waals surface area (Å²) in [5.74, 6) is 1.96. The minimum absolute atomic E-state index is 0.424. The Balaban J connectivity index is 2.00. The van der Waals surface area contributed by atoms with Crippen LogP contribution in [0.3, 0.4) is 0 Å². The van der Waals surface area contributed by atoms with Crippen molar-refractivity contribution in [1.82, 2.24) is 14.8 Å². The summed E-state index contributed by atoms with van der Waals surface area (Å²) >= 11 is 0. The lowest BCUT2D eigenvalue weighted by Crippen LogP contribution is -2.29. The number of hydrogen-bond acceptors (Lipinski definition) is 7. The second-order valence-electron chi connectivity index (χ2n) is 7.03.